The normalized spacial score (nSPS) is 22.6. The number of rotatable bonds is 2. The Hall–Kier alpha value is -3.20. The molecule has 3 aromatic rings. The van der Waals surface area contributed by atoms with Gasteiger partial charge < -0.3 is 14.4 Å². The Morgan fingerprint density at radius 2 is 2.00 bits per heavy atom. The first-order valence-corrected chi connectivity index (χ1v) is 10.6. The summed E-state index contributed by atoms with van der Waals surface area (Å²) in [4.78, 5) is 46.2. The van der Waals surface area contributed by atoms with Crippen LogP contribution in [0.2, 0.25) is 0 Å². The first-order valence-electron chi connectivity index (χ1n) is 10.6. The minimum Gasteiger partial charge on any atom is -0.337 e. The summed E-state index contributed by atoms with van der Waals surface area (Å²) in [5, 5.41) is 0. The molecule has 162 valence electrons. The molecule has 1 amide bonds. The molecule has 0 aliphatic carbocycles. The summed E-state index contributed by atoms with van der Waals surface area (Å²) in [6.45, 7) is 4.11. The van der Waals surface area contributed by atoms with Crippen LogP contribution in [0.1, 0.15) is 23.5 Å². The third kappa shape index (κ3) is 2.87. The van der Waals surface area contributed by atoms with E-state index in [1.165, 1.54) is 34.0 Å². The highest BCUT2D eigenvalue weighted by Gasteiger charge is 2.45. The first kappa shape index (κ1) is 19.7. The molecule has 0 bridgehead atoms. The molecule has 0 spiro atoms. The standard InChI is InChI=1S/C22H26N6O3/c1-13-5-6-16-14(9-13)15-10-24(2)8-7-17(15)28(16)18(29)11-27-12-23-20-19(27)21(30)26(4)22(31)25(20)3/h5-6,9,12,15,17H,7-8,10-11H2,1-4H3/p+1/t15-,17+/m1/s1. The molecular weight excluding hydrogens is 396 g/mol. The second kappa shape index (κ2) is 6.91. The van der Waals surface area contributed by atoms with Crippen molar-refractivity contribution in [1.82, 2.24) is 18.7 Å². The fourth-order valence-electron chi connectivity index (χ4n) is 5.26. The lowest BCUT2D eigenvalue weighted by atomic mass is 9.89. The van der Waals surface area contributed by atoms with Crippen molar-refractivity contribution < 1.29 is 9.69 Å². The molecule has 1 unspecified atom stereocenters. The average Bonchev–Trinajstić information content (AvgIpc) is 3.29. The zero-order valence-electron chi connectivity index (χ0n) is 18.3. The molecule has 2 aliphatic rings. The number of fused-ring (bicyclic) bond motifs is 4. The van der Waals surface area contributed by atoms with Crippen molar-refractivity contribution in [2.24, 2.45) is 14.1 Å². The fraction of sp³-hybridized carbons (Fsp3) is 0.455. The summed E-state index contributed by atoms with van der Waals surface area (Å²) < 4.78 is 3.96. The molecule has 3 atom stereocenters. The molecule has 0 radical (unpaired) electrons. The lowest BCUT2D eigenvalue weighted by Crippen LogP contribution is -3.11. The first-order chi connectivity index (χ1) is 14.8. The molecule has 9 heteroatoms. The maximum atomic E-state index is 13.6. The second-order valence-electron chi connectivity index (χ2n) is 8.95. The molecule has 5 rings (SSSR count). The van der Waals surface area contributed by atoms with Crippen molar-refractivity contribution in [3.05, 3.63) is 56.5 Å². The van der Waals surface area contributed by atoms with Crippen LogP contribution in [0.3, 0.4) is 0 Å². The van der Waals surface area contributed by atoms with Gasteiger partial charge in [0.1, 0.15) is 6.54 Å². The van der Waals surface area contributed by atoms with Gasteiger partial charge >= 0.3 is 5.69 Å². The van der Waals surface area contributed by atoms with Crippen molar-refractivity contribution in [3.8, 4) is 0 Å². The van der Waals surface area contributed by atoms with Gasteiger partial charge in [-0.3, -0.25) is 18.7 Å². The zero-order valence-corrected chi connectivity index (χ0v) is 18.3. The lowest BCUT2D eigenvalue weighted by molar-refractivity contribution is -0.886. The van der Waals surface area contributed by atoms with Crippen molar-refractivity contribution in [1.29, 1.82) is 0 Å². The number of aromatic nitrogens is 4. The number of likely N-dealkylation sites (N-methyl/N-ethyl adjacent to an activating group) is 1. The zero-order chi connectivity index (χ0) is 22.0. The minimum absolute atomic E-state index is 0.00315. The van der Waals surface area contributed by atoms with Crippen molar-refractivity contribution in [2.45, 2.75) is 31.8 Å². The van der Waals surface area contributed by atoms with E-state index in [0.29, 0.717) is 11.6 Å². The predicted octanol–water partition coefficient (Wildman–Crippen LogP) is -0.840. The highest BCUT2D eigenvalue weighted by molar-refractivity contribution is 5.97. The van der Waals surface area contributed by atoms with Gasteiger partial charge in [-0.1, -0.05) is 17.7 Å². The van der Waals surface area contributed by atoms with Crippen molar-refractivity contribution in [2.75, 3.05) is 25.0 Å². The Kier molecular flexibility index (Phi) is 4.40. The number of quaternary nitrogens is 1. The van der Waals surface area contributed by atoms with Gasteiger partial charge in [0.25, 0.3) is 5.56 Å². The SMILES string of the molecule is Cc1ccc2c(c1)[C@H]1C[NH+](C)CC[C@@H]1N2C(=O)Cn1cnc2c1c(=O)n(C)c(=O)n2C. The number of nitrogens with zero attached hydrogens (tertiary/aromatic N) is 5. The Balaban J connectivity index is 1.56. The summed E-state index contributed by atoms with van der Waals surface area (Å²) in [6.07, 6.45) is 2.42. The molecule has 2 aliphatic heterocycles. The number of hydrogen-bond donors (Lipinski definition) is 1. The van der Waals surface area contributed by atoms with Crippen LogP contribution in [0.15, 0.2) is 34.1 Å². The Morgan fingerprint density at radius 1 is 1.23 bits per heavy atom. The number of amides is 1. The largest absolute Gasteiger partial charge is 0.337 e. The summed E-state index contributed by atoms with van der Waals surface area (Å²) in [5.74, 6) is 0.258. The van der Waals surface area contributed by atoms with Crippen LogP contribution in [0.5, 0.6) is 0 Å². The molecule has 31 heavy (non-hydrogen) atoms. The highest BCUT2D eigenvalue weighted by atomic mass is 16.2. The maximum absolute atomic E-state index is 13.6. The number of benzene rings is 1. The Morgan fingerprint density at radius 3 is 2.77 bits per heavy atom. The van der Waals surface area contributed by atoms with Gasteiger partial charge in [-0.15, -0.1) is 0 Å². The van der Waals surface area contributed by atoms with E-state index >= 15 is 0 Å². The molecule has 1 N–H and O–H groups in total. The van der Waals surface area contributed by atoms with Crippen LogP contribution in [0.25, 0.3) is 11.2 Å². The molecule has 1 aromatic carbocycles. The summed E-state index contributed by atoms with van der Waals surface area (Å²) >= 11 is 0. The summed E-state index contributed by atoms with van der Waals surface area (Å²) in [5.41, 5.74) is 3.09. The topological polar surface area (TPSA) is 86.6 Å². The number of nitrogens with one attached hydrogen (secondary N) is 1. The fourth-order valence-corrected chi connectivity index (χ4v) is 5.26. The highest BCUT2D eigenvalue weighted by Crippen LogP contribution is 2.43. The third-order valence-corrected chi connectivity index (χ3v) is 6.86. The van der Waals surface area contributed by atoms with E-state index in [-0.39, 0.29) is 24.0 Å². The number of aryl methyl sites for hydroxylation is 2. The van der Waals surface area contributed by atoms with Crippen molar-refractivity contribution >= 4 is 22.8 Å². The Labute approximate surface area is 179 Å². The van der Waals surface area contributed by atoms with Crippen LogP contribution in [-0.4, -0.2) is 50.8 Å². The van der Waals surface area contributed by atoms with E-state index in [9.17, 15) is 14.4 Å². The van der Waals surface area contributed by atoms with Gasteiger partial charge in [0.15, 0.2) is 11.2 Å². The lowest BCUT2D eigenvalue weighted by Gasteiger charge is -2.34. The van der Waals surface area contributed by atoms with E-state index in [4.69, 9.17) is 0 Å². The van der Waals surface area contributed by atoms with Gasteiger partial charge in [0, 0.05) is 26.2 Å². The van der Waals surface area contributed by atoms with E-state index in [0.717, 1.165) is 29.8 Å². The van der Waals surface area contributed by atoms with E-state index in [2.05, 4.69) is 25.0 Å². The molecule has 2 aromatic heterocycles. The molecule has 4 heterocycles. The van der Waals surface area contributed by atoms with Gasteiger partial charge in [0.05, 0.1) is 38.4 Å². The van der Waals surface area contributed by atoms with Crippen LogP contribution < -0.4 is 21.0 Å². The number of piperidine rings is 1. The number of carbonyl (C=O) groups is 1. The quantitative estimate of drug-likeness (QED) is 0.582. The minimum atomic E-state index is -0.443. The predicted molar refractivity (Wildman–Crippen MR) is 117 cm³/mol. The van der Waals surface area contributed by atoms with Crippen LogP contribution in [-0.2, 0) is 25.4 Å². The van der Waals surface area contributed by atoms with Crippen molar-refractivity contribution in [3.63, 3.8) is 0 Å². The van der Waals surface area contributed by atoms with Gasteiger partial charge in [-0.05, 0) is 18.6 Å². The molecular formula is C22H27N6O3+. The maximum Gasteiger partial charge on any atom is 0.332 e. The van der Waals surface area contributed by atoms with Crippen LogP contribution in [0, 0.1) is 6.92 Å². The molecule has 9 nitrogen and oxygen atoms in total. The molecule has 1 fully saturated rings. The summed E-state index contributed by atoms with van der Waals surface area (Å²) in [7, 11) is 5.22. The molecule has 0 saturated carbocycles. The number of likely N-dealkylation sites (tertiary alicyclic amines) is 1. The van der Waals surface area contributed by atoms with E-state index < -0.39 is 11.2 Å². The third-order valence-electron chi connectivity index (χ3n) is 6.86. The van der Waals surface area contributed by atoms with E-state index in [1.807, 2.05) is 17.0 Å². The number of anilines is 1. The monoisotopic (exact) mass is 423 g/mol. The summed E-state index contributed by atoms with van der Waals surface area (Å²) in [6, 6.07) is 6.43. The van der Waals surface area contributed by atoms with E-state index in [1.54, 1.807) is 11.6 Å². The van der Waals surface area contributed by atoms with Gasteiger partial charge in [-0.2, -0.15) is 0 Å². The Bertz CT molecular complexity index is 1330. The number of imidazole rings is 1. The smallest absolute Gasteiger partial charge is 0.332 e. The average molecular weight is 423 g/mol. The number of carbonyl (C=O) groups excluding carboxylic acids is 1. The number of hydrogen-bond acceptors (Lipinski definition) is 4. The van der Waals surface area contributed by atoms with Crippen LogP contribution in [0.4, 0.5) is 5.69 Å². The van der Waals surface area contributed by atoms with Gasteiger partial charge in [0.2, 0.25) is 5.91 Å². The molecule has 1 saturated heterocycles. The van der Waals surface area contributed by atoms with Gasteiger partial charge in [-0.25, -0.2) is 9.78 Å². The van der Waals surface area contributed by atoms with Crippen LogP contribution >= 0.6 is 0 Å². The second-order valence-corrected chi connectivity index (χ2v) is 8.95.